The Bertz CT molecular complexity index is 497. The molecule has 0 spiro atoms. The van der Waals surface area contributed by atoms with Crippen LogP contribution in [-0.4, -0.2) is 22.8 Å². The van der Waals surface area contributed by atoms with E-state index in [-0.39, 0.29) is 17.6 Å². The first-order valence-electron chi connectivity index (χ1n) is 6.32. The van der Waals surface area contributed by atoms with Crippen molar-refractivity contribution in [2.45, 2.75) is 25.7 Å². The van der Waals surface area contributed by atoms with Gasteiger partial charge in [-0.3, -0.25) is 9.59 Å². The van der Waals surface area contributed by atoms with Crippen molar-refractivity contribution in [3.8, 4) is 0 Å². The zero-order chi connectivity index (χ0) is 13.4. The van der Waals surface area contributed by atoms with Crippen molar-refractivity contribution in [1.29, 1.82) is 0 Å². The smallest absolute Gasteiger partial charge is 0.398 e. The Morgan fingerprint density at radius 2 is 1.84 bits per heavy atom. The maximum atomic E-state index is 12.1. The predicted molar refractivity (Wildman–Crippen MR) is 61.4 cm³/mol. The van der Waals surface area contributed by atoms with Crippen LogP contribution in [0.4, 0.5) is 0 Å². The summed E-state index contributed by atoms with van der Waals surface area (Å²) in [5.41, 5.74) is 0. The highest BCUT2D eigenvalue weighted by Gasteiger charge is 2.50. The molecule has 6 heteroatoms. The van der Waals surface area contributed by atoms with Gasteiger partial charge in [-0.15, -0.1) is 5.06 Å². The largest absolute Gasteiger partial charge is 0.457 e. The minimum atomic E-state index is -0.828. The molecular weight excluding hydrogens is 250 g/mol. The summed E-state index contributed by atoms with van der Waals surface area (Å²) in [7, 11) is 0. The Balaban J connectivity index is 1.76. The van der Waals surface area contributed by atoms with Crippen LogP contribution in [0.25, 0.3) is 0 Å². The van der Waals surface area contributed by atoms with Gasteiger partial charge in [0.1, 0.15) is 0 Å². The molecule has 0 bridgehead atoms. The fraction of sp³-hybridized carbons (Fsp3) is 0.462. The summed E-state index contributed by atoms with van der Waals surface area (Å²) in [5, 5.41) is 0.617. The lowest BCUT2D eigenvalue weighted by Gasteiger charge is -2.19. The Morgan fingerprint density at radius 1 is 1.21 bits per heavy atom. The molecule has 1 aromatic rings. The van der Waals surface area contributed by atoms with E-state index < -0.39 is 17.8 Å². The second kappa shape index (κ2) is 4.53. The van der Waals surface area contributed by atoms with Crippen LogP contribution in [0.5, 0.6) is 0 Å². The fourth-order valence-electron chi connectivity index (χ4n) is 2.74. The van der Waals surface area contributed by atoms with Crippen LogP contribution in [0.2, 0.25) is 0 Å². The summed E-state index contributed by atoms with van der Waals surface area (Å²) >= 11 is 0. The Labute approximate surface area is 109 Å². The van der Waals surface area contributed by atoms with Crippen molar-refractivity contribution >= 4 is 17.8 Å². The third-order valence-corrected chi connectivity index (χ3v) is 3.70. The van der Waals surface area contributed by atoms with Crippen molar-refractivity contribution in [1.82, 2.24) is 5.06 Å². The third-order valence-electron chi connectivity index (χ3n) is 3.70. The molecule has 2 heterocycles. The molecule has 1 saturated carbocycles. The lowest BCUT2D eigenvalue weighted by Crippen LogP contribution is -2.33. The number of nitrogens with zero attached hydrogens (tertiary/aromatic N) is 1. The second-order valence-electron chi connectivity index (χ2n) is 4.82. The van der Waals surface area contributed by atoms with Crippen LogP contribution in [0.1, 0.15) is 36.2 Å². The van der Waals surface area contributed by atoms with E-state index in [1.807, 2.05) is 0 Å². The van der Waals surface area contributed by atoms with E-state index >= 15 is 0 Å². The van der Waals surface area contributed by atoms with Gasteiger partial charge in [0.2, 0.25) is 5.76 Å². The van der Waals surface area contributed by atoms with Gasteiger partial charge in [0.15, 0.2) is 0 Å². The van der Waals surface area contributed by atoms with Crippen LogP contribution in [0, 0.1) is 11.8 Å². The minimum Gasteiger partial charge on any atom is -0.457 e. The summed E-state index contributed by atoms with van der Waals surface area (Å²) in [6.45, 7) is 0. The first kappa shape index (κ1) is 12.0. The van der Waals surface area contributed by atoms with Crippen molar-refractivity contribution < 1.29 is 23.6 Å². The summed E-state index contributed by atoms with van der Waals surface area (Å²) in [6, 6.07) is 2.95. The first-order chi connectivity index (χ1) is 9.18. The van der Waals surface area contributed by atoms with Crippen LogP contribution in [0.15, 0.2) is 22.8 Å². The standard InChI is InChI=1S/C13H13NO5/c15-11-8-4-1-2-5-9(8)12(16)14(11)19-13(17)10-6-3-7-18-10/h3,6-9H,1-2,4-5H2. The molecule has 1 saturated heterocycles. The van der Waals surface area contributed by atoms with E-state index in [0.717, 1.165) is 12.8 Å². The van der Waals surface area contributed by atoms with Crippen molar-refractivity contribution in [2.75, 3.05) is 0 Å². The van der Waals surface area contributed by atoms with E-state index in [9.17, 15) is 14.4 Å². The number of amides is 2. The van der Waals surface area contributed by atoms with Crippen LogP contribution in [-0.2, 0) is 14.4 Å². The van der Waals surface area contributed by atoms with Gasteiger partial charge in [0.25, 0.3) is 11.8 Å². The number of furan rings is 1. The quantitative estimate of drug-likeness (QED) is 0.756. The Hall–Kier alpha value is -2.11. The number of carbonyl (C=O) groups excluding carboxylic acids is 3. The van der Waals surface area contributed by atoms with E-state index in [0.29, 0.717) is 17.9 Å². The normalized spacial score (nSPS) is 26.4. The van der Waals surface area contributed by atoms with Gasteiger partial charge in [0.05, 0.1) is 18.1 Å². The van der Waals surface area contributed by atoms with Gasteiger partial charge >= 0.3 is 5.97 Å². The van der Waals surface area contributed by atoms with Crippen LogP contribution < -0.4 is 0 Å². The van der Waals surface area contributed by atoms with Gasteiger partial charge in [-0.25, -0.2) is 4.79 Å². The lowest BCUT2D eigenvalue weighted by atomic mass is 9.81. The molecule has 1 aliphatic heterocycles. The number of hydroxylamine groups is 2. The topological polar surface area (TPSA) is 76.8 Å². The second-order valence-corrected chi connectivity index (χ2v) is 4.82. The molecule has 100 valence electrons. The van der Waals surface area contributed by atoms with Gasteiger partial charge in [-0.2, -0.15) is 0 Å². The summed E-state index contributed by atoms with van der Waals surface area (Å²) in [6.07, 6.45) is 4.55. The predicted octanol–water partition coefficient (Wildman–Crippen LogP) is 1.53. The highest BCUT2D eigenvalue weighted by molar-refractivity contribution is 6.05. The van der Waals surface area contributed by atoms with E-state index in [2.05, 4.69) is 0 Å². The average Bonchev–Trinajstić information content (AvgIpc) is 3.03. The maximum Gasteiger partial charge on any atom is 0.398 e. The molecule has 2 aliphatic rings. The van der Waals surface area contributed by atoms with Crippen molar-refractivity contribution in [3.63, 3.8) is 0 Å². The van der Waals surface area contributed by atoms with Gasteiger partial charge in [-0.1, -0.05) is 12.8 Å². The lowest BCUT2D eigenvalue weighted by molar-refractivity contribution is -0.174. The van der Waals surface area contributed by atoms with E-state index in [4.69, 9.17) is 9.25 Å². The molecule has 0 aromatic carbocycles. The molecule has 2 unspecified atom stereocenters. The van der Waals surface area contributed by atoms with Crippen molar-refractivity contribution in [3.05, 3.63) is 24.2 Å². The number of fused-ring (bicyclic) bond motifs is 1. The molecule has 1 aromatic heterocycles. The van der Waals surface area contributed by atoms with Crippen molar-refractivity contribution in [2.24, 2.45) is 11.8 Å². The number of rotatable bonds is 2. The van der Waals surface area contributed by atoms with E-state index in [1.165, 1.54) is 18.4 Å². The zero-order valence-electron chi connectivity index (χ0n) is 10.2. The number of hydrogen-bond donors (Lipinski definition) is 0. The molecule has 2 atom stereocenters. The summed E-state index contributed by atoms with van der Waals surface area (Å²) in [4.78, 5) is 40.7. The molecule has 0 N–H and O–H groups in total. The SMILES string of the molecule is O=C(ON1C(=O)C2CCCCC2C1=O)c1ccco1. The highest BCUT2D eigenvalue weighted by Crippen LogP contribution is 2.38. The van der Waals surface area contributed by atoms with E-state index in [1.54, 1.807) is 0 Å². The number of carbonyl (C=O) groups is 3. The molecule has 3 rings (SSSR count). The molecule has 1 aliphatic carbocycles. The molecular formula is C13H13NO5. The molecule has 2 amide bonds. The van der Waals surface area contributed by atoms with Crippen LogP contribution >= 0.6 is 0 Å². The Kier molecular flexibility index (Phi) is 2.85. The monoisotopic (exact) mass is 263 g/mol. The number of imide groups is 1. The third kappa shape index (κ3) is 1.93. The minimum absolute atomic E-state index is 0.0320. The number of hydrogen-bond acceptors (Lipinski definition) is 5. The highest BCUT2D eigenvalue weighted by atomic mass is 16.7. The van der Waals surface area contributed by atoms with Crippen LogP contribution in [0.3, 0.4) is 0 Å². The summed E-state index contributed by atoms with van der Waals surface area (Å²) in [5.74, 6) is -2.33. The zero-order valence-corrected chi connectivity index (χ0v) is 10.2. The molecule has 2 fully saturated rings. The molecule has 0 radical (unpaired) electrons. The van der Waals surface area contributed by atoms with Gasteiger partial charge in [0, 0.05) is 0 Å². The molecule has 6 nitrogen and oxygen atoms in total. The molecule has 19 heavy (non-hydrogen) atoms. The Morgan fingerprint density at radius 3 is 2.37 bits per heavy atom. The summed E-state index contributed by atoms with van der Waals surface area (Å²) < 4.78 is 4.87. The first-order valence-corrected chi connectivity index (χ1v) is 6.32. The maximum absolute atomic E-state index is 12.1. The van der Waals surface area contributed by atoms with Gasteiger partial charge < -0.3 is 9.25 Å². The van der Waals surface area contributed by atoms with Gasteiger partial charge in [-0.05, 0) is 25.0 Å². The average molecular weight is 263 g/mol. The fourth-order valence-corrected chi connectivity index (χ4v) is 2.74.